The Balaban J connectivity index is 1.62. The summed E-state index contributed by atoms with van der Waals surface area (Å²) in [7, 11) is 0. The standard InChI is InChI=1S/C21H25N5O/c1-13-4-2-3-5-16(13)19(27)17-11-24-21-18(17)20(25-12-26-21)23-10-14-6-8-15(22)9-7-14/h2-5,11-12,14-15H,6-10,22H2,1H3,(H2,23,24,25,26). The molecule has 0 bridgehead atoms. The van der Waals surface area contributed by atoms with Crippen LogP contribution in [0.25, 0.3) is 11.0 Å². The molecule has 140 valence electrons. The second kappa shape index (κ2) is 7.48. The summed E-state index contributed by atoms with van der Waals surface area (Å²) < 4.78 is 0. The maximum Gasteiger partial charge on any atom is 0.195 e. The second-order valence-electron chi connectivity index (χ2n) is 7.45. The molecule has 3 aromatic rings. The van der Waals surface area contributed by atoms with Gasteiger partial charge in [0.05, 0.1) is 10.9 Å². The van der Waals surface area contributed by atoms with Crippen molar-refractivity contribution >= 4 is 22.6 Å². The van der Waals surface area contributed by atoms with Crippen molar-refractivity contribution in [3.63, 3.8) is 0 Å². The average Bonchev–Trinajstić information content (AvgIpc) is 3.12. The Morgan fingerprint density at radius 1 is 1.19 bits per heavy atom. The number of benzene rings is 1. The molecular weight excluding hydrogens is 338 g/mol. The van der Waals surface area contributed by atoms with Gasteiger partial charge >= 0.3 is 0 Å². The normalized spacial score (nSPS) is 19.9. The minimum absolute atomic E-state index is 0.0131. The highest BCUT2D eigenvalue weighted by atomic mass is 16.1. The van der Waals surface area contributed by atoms with E-state index in [-0.39, 0.29) is 5.78 Å². The van der Waals surface area contributed by atoms with E-state index in [0.29, 0.717) is 34.6 Å². The topological polar surface area (TPSA) is 96.7 Å². The number of aromatic amines is 1. The number of fused-ring (bicyclic) bond motifs is 1. The van der Waals surface area contributed by atoms with E-state index in [1.807, 2.05) is 31.2 Å². The number of rotatable bonds is 5. The van der Waals surface area contributed by atoms with Crippen LogP contribution < -0.4 is 11.1 Å². The number of nitrogens with zero attached hydrogens (tertiary/aromatic N) is 2. The highest BCUT2D eigenvalue weighted by molar-refractivity contribution is 6.18. The number of hydrogen-bond acceptors (Lipinski definition) is 5. The summed E-state index contributed by atoms with van der Waals surface area (Å²) in [4.78, 5) is 24.9. The summed E-state index contributed by atoms with van der Waals surface area (Å²) >= 11 is 0. The van der Waals surface area contributed by atoms with E-state index in [1.165, 1.54) is 6.33 Å². The molecule has 4 rings (SSSR count). The summed E-state index contributed by atoms with van der Waals surface area (Å²) in [5, 5.41) is 4.22. The maximum atomic E-state index is 13.1. The molecule has 0 atom stereocenters. The average molecular weight is 363 g/mol. The summed E-state index contributed by atoms with van der Waals surface area (Å²) in [6.45, 7) is 2.79. The van der Waals surface area contributed by atoms with Gasteiger partial charge in [0.2, 0.25) is 0 Å². The molecule has 0 amide bonds. The van der Waals surface area contributed by atoms with Gasteiger partial charge in [0, 0.05) is 24.3 Å². The van der Waals surface area contributed by atoms with Crippen LogP contribution in [0.1, 0.15) is 47.2 Å². The van der Waals surface area contributed by atoms with Crippen molar-refractivity contribution in [1.82, 2.24) is 15.0 Å². The zero-order valence-electron chi connectivity index (χ0n) is 15.5. The smallest absolute Gasteiger partial charge is 0.195 e. The Bertz CT molecular complexity index is 956. The van der Waals surface area contributed by atoms with E-state index in [1.54, 1.807) is 6.20 Å². The van der Waals surface area contributed by atoms with Gasteiger partial charge in [-0.15, -0.1) is 0 Å². The first-order valence-electron chi connectivity index (χ1n) is 9.55. The van der Waals surface area contributed by atoms with Crippen LogP contribution in [-0.2, 0) is 0 Å². The van der Waals surface area contributed by atoms with Crippen molar-refractivity contribution in [3.8, 4) is 0 Å². The van der Waals surface area contributed by atoms with Gasteiger partial charge in [-0.3, -0.25) is 4.79 Å². The molecule has 6 heteroatoms. The van der Waals surface area contributed by atoms with E-state index in [9.17, 15) is 4.79 Å². The summed E-state index contributed by atoms with van der Waals surface area (Å²) in [5.74, 6) is 1.29. The van der Waals surface area contributed by atoms with Crippen LogP contribution in [0.3, 0.4) is 0 Å². The quantitative estimate of drug-likeness (QED) is 0.604. The third kappa shape index (κ3) is 3.57. The molecule has 6 nitrogen and oxygen atoms in total. The van der Waals surface area contributed by atoms with Crippen molar-refractivity contribution in [2.24, 2.45) is 11.7 Å². The number of carbonyl (C=O) groups is 1. The Morgan fingerprint density at radius 3 is 2.74 bits per heavy atom. The number of ketones is 1. The third-order valence-electron chi connectivity index (χ3n) is 5.55. The Morgan fingerprint density at radius 2 is 1.96 bits per heavy atom. The van der Waals surface area contributed by atoms with Gasteiger partial charge < -0.3 is 16.0 Å². The first kappa shape index (κ1) is 17.7. The molecule has 0 radical (unpaired) electrons. The molecule has 1 aromatic carbocycles. The lowest BCUT2D eigenvalue weighted by Gasteiger charge is -2.26. The molecule has 1 aliphatic rings. The first-order chi connectivity index (χ1) is 13.1. The minimum Gasteiger partial charge on any atom is -0.369 e. The predicted octanol–water partition coefficient (Wildman–Crippen LogP) is 3.43. The summed E-state index contributed by atoms with van der Waals surface area (Å²) in [5.41, 5.74) is 8.95. The minimum atomic E-state index is -0.0131. The van der Waals surface area contributed by atoms with Crippen LogP contribution in [-0.4, -0.2) is 33.3 Å². The molecule has 1 saturated carbocycles. The van der Waals surface area contributed by atoms with E-state index in [0.717, 1.165) is 43.2 Å². The highest BCUT2D eigenvalue weighted by Gasteiger charge is 2.21. The Kier molecular flexibility index (Phi) is 4.90. The van der Waals surface area contributed by atoms with Crippen LogP contribution in [0.4, 0.5) is 5.82 Å². The summed E-state index contributed by atoms with van der Waals surface area (Å²) in [6.07, 6.45) is 7.67. The molecule has 0 unspecified atom stereocenters. The molecule has 0 saturated heterocycles. The van der Waals surface area contributed by atoms with Gasteiger partial charge in [0.15, 0.2) is 5.78 Å². The van der Waals surface area contributed by atoms with Gasteiger partial charge in [-0.25, -0.2) is 9.97 Å². The van der Waals surface area contributed by atoms with Gasteiger partial charge in [0.1, 0.15) is 17.8 Å². The fourth-order valence-corrected chi connectivity index (χ4v) is 3.88. The number of aryl methyl sites for hydroxylation is 1. The molecule has 2 aromatic heterocycles. The zero-order valence-corrected chi connectivity index (χ0v) is 15.5. The fourth-order valence-electron chi connectivity index (χ4n) is 3.88. The zero-order chi connectivity index (χ0) is 18.8. The number of H-pyrrole nitrogens is 1. The lowest BCUT2D eigenvalue weighted by molar-refractivity contribution is 0.103. The fraction of sp³-hybridized carbons (Fsp3) is 0.381. The van der Waals surface area contributed by atoms with Gasteiger partial charge in [-0.05, 0) is 44.1 Å². The maximum absolute atomic E-state index is 13.1. The molecule has 27 heavy (non-hydrogen) atoms. The van der Waals surface area contributed by atoms with Gasteiger partial charge in [-0.1, -0.05) is 24.3 Å². The number of aromatic nitrogens is 3. The lowest BCUT2D eigenvalue weighted by Crippen LogP contribution is -2.29. The third-order valence-corrected chi connectivity index (χ3v) is 5.55. The van der Waals surface area contributed by atoms with Crippen molar-refractivity contribution in [1.29, 1.82) is 0 Å². The van der Waals surface area contributed by atoms with Crippen molar-refractivity contribution < 1.29 is 4.79 Å². The van der Waals surface area contributed by atoms with E-state index in [2.05, 4.69) is 20.3 Å². The molecular formula is C21H25N5O. The molecule has 0 spiro atoms. The molecule has 2 heterocycles. The number of carbonyl (C=O) groups excluding carboxylic acids is 1. The molecule has 1 fully saturated rings. The van der Waals surface area contributed by atoms with Crippen LogP contribution in [0.5, 0.6) is 0 Å². The number of nitrogens with one attached hydrogen (secondary N) is 2. The van der Waals surface area contributed by atoms with E-state index in [4.69, 9.17) is 5.73 Å². The van der Waals surface area contributed by atoms with E-state index < -0.39 is 0 Å². The molecule has 1 aliphatic carbocycles. The first-order valence-corrected chi connectivity index (χ1v) is 9.55. The Hall–Kier alpha value is -2.73. The van der Waals surface area contributed by atoms with Gasteiger partial charge in [-0.2, -0.15) is 0 Å². The number of nitrogens with two attached hydrogens (primary N) is 1. The van der Waals surface area contributed by atoms with Gasteiger partial charge in [0.25, 0.3) is 0 Å². The molecule has 0 aliphatic heterocycles. The number of anilines is 1. The molecule has 4 N–H and O–H groups in total. The summed E-state index contributed by atoms with van der Waals surface area (Å²) in [6, 6.07) is 7.98. The van der Waals surface area contributed by atoms with Crippen molar-refractivity contribution in [2.75, 3.05) is 11.9 Å². The van der Waals surface area contributed by atoms with Crippen molar-refractivity contribution in [3.05, 3.63) is 53.5 Å². The predicted molar refractivity (Wildman–Crippen MR) is 107 cm³/mol. The monoisotopic (exact) mass is 363 g/mol. The lowest BCUT2D eigenvalue weighted by atomic mass is 9.86. The highest BCUT2D eigenvalue weighted by Crippen LogP contribution is 2.28. The second-order valence-corrected chi connectivity index (χ2v) is 7.45. The number of hydrogen-bond donors (Lipinski definition) is 3. The van der Waals surface area contributed by atoms with Crippen LogP contribution >= 0.6 is 0 Å². The SMILES string of the molecule is Cc1ccccc1C(=O)c1c[nH]c2ncnc(NCC3CCC(N)CC3)c12. The van der Waals surface area contributed by atoms with Crippen LogP contribution in [0.2, 0.25) is 0 Å². The van der Waals surface area contributed by atoms with Crippen LogP contribution in [0, 0.1) is 12.8 Å². The Labute approximate surface area is 158 Å². The van der Waals surface area contributed by atoms with Crippen LogP contribution in [0.15, 0.2) is 36.8 Å². The van der Waals surface area contributed by atoms with Crippen molar-refractivity contribution in [2.45, 2.75) is 38.6 Å². The largest absolute Gasteiger partial charge is 0.369 e. The van der Waals surface area contributed by atoms with E-state index >= 15 is 0 Å².